The Kier molecular flexibility index (Phi) is 6.18. The van der Waals surface area contributed by atoms with Crippen molar-refractivity contribution >= 4 is 23.5 Å². The molecule has 0 saturated heterocycles. The standard InChI is InChI=1S/C18H18ClNO3/c19-16-8-6-13(7-9-16)12-20-17(21)10-15(11-18(22)23)14-4-2-1-3-5-14/h1-9,15H,10-12H2,(H,20,21)(H,22,23)/t15-/m0/s1. The van der Waals surface area contributed by atoms with E-state index in [0.717, 1.165) is 11.1 Å². The summed E-state index contributed by atoms with van der Waals surface area (Å²) in [5.74, 6) is -1.42. The lowest BCUT2D eigenvalue weighted by Crippen LogP contribution is -2.25. The van der Waals surface area contributed by atoms with Gasteiger partial charge in [0.25, 0.3) is 0 Å². The van der Waals surface area contributed by atoms with Gasteiger partial charge in [-0.05, 0) is 23.3 Å². The lowest BCUT2D eigenvalue weighted by atomic mass is 9.92. The van der Waals surface area contributed by atoms with E-state index in [4.69, 9.17) is 16.7 Å². The molecular weight excluding hydrogens is 314 g/mol. The third-order valence-corrected chi connectivity index (χ3v) is 3.78. The lowest BCUT2D eigenvalue weighted by Gasteiger charge is -2.15. The molecule has 2 aromatic carbocycles. The molecule has 5 heteroatoms. The Labute approximate surface area is 140 Å². The van der Waals surface area contributed by atoms with Gasteiger partial charge in [-0.1, -0.05) is 54.1 Å². The van der Waals surface area contributed by atoms with Crippen molar-refractivity contribution in [2.45, 2.75) is 25.3 Å². The number of hydrogen-bond acceptors (Lipinski definition) is 2. The van der Waals surface area contributed by atoms with Crippen LogP contribution in [-0.2, 0) is 16.1 Å². The second-order valence-electron chi connectivity index (χ2n) is 5.31. The van der Waals surface area contributed by atoms with Crippen molar-refractivity contribution in [3.8, 4) is 0 Å². The summed E-state index contributed by atoms with van der Waals surface area (Å²) in [5.41, 5.74) is 1.80. The van der Waals surface area contributed by atoms with Crippen LogP contribution < -0.4 is 5.32 Å². The van der Waals surface area contributed by atoms with Gasteiger partial charge in [0, 0.05) is 23.9 Å². The number of carboxylic acid groups (broad SMARTS) is 1. The summed E-state index contributed by atoms with van der Waals surface area (Å²) in [4.78, 5) is 23.2. The molecule has 0 bridgehead atoms. The number of rotatable bonds is 7. The number of aliphatic carboxylic acids is 1. The third-order valence-electron chi connectivity index (χ3n) is 3.53. The molecule has 0 aliphatic carbocycles. The molecule has 0 unspecified atom stereocenters. The fourth-order valence-electron chi connectivity index (χ4n) is 2.34. The first kappa shape index (κ1) is 17.0. The molecule has 120 valence electrons. The molecule has 2 N–H and O–H groups in total. The topological polar surface area (TPSA) is 66.4 Å². The normalized spacial score (nSPS) is 11.7. The lowest BCUT2D eigenvalue weighted by molar-refractivity contribution is -0.137. The van der Waals surface area contributed by atoms with E-state index in [1.165, 1.54) is 0 Å². The highest BCUT2D eigenvalue weighted by molar-refractivity contribution is 6.30. The van der Waals surface area contributed by atoms with E-state index in [2.05, 4.69) is 5.32 Å². The molecule has 0 fully saturated rings. The third kappa shape index (κ3) is 5.75. The number of amides is 1. The van der Waals surface area contributed by atoms with Gasteiger partial charge in [0.2, 0.25) is 5.91 Å². The predicted octanol–water partition coefficient (Wildman–Crippen LogP) is 3.60. The van der Waals surface area contributed by atoms with Crippen LogP contribution in [0, 0.1) is 0 Å². The van der Waals surface area contributed by atoms with Gasteiger partial charge in [-0.25, -0.2) is 0 Å². The average Bonchev–Trinajstić information content (AvgIpc) is 2.54. The van der Waals surface area contributed by atoms with Crippen LogP contribution in [0.5, 0.6) is 0 Å². The summed E-state index contributed by atoms with van der Waals surface area (Å²) in [6.45, 7) is 0.393. The van der Waals surface area contributed by atoms with Gasteiger partial charge >= 0.3 is 5.97 Å². The summed E-state index contributed by atoms with van der Waals surface area (Å²) in [6, 6.07) is 16.5. The Bertz CT molecular complexity index is 656. The molecule has 0 radical (unpaired) electrons. The van der Waals surface area contributed by atoms with Crippen molar-refractivity contribution in [2.75, 3.05) is 0 Å². The number of carbonyl (C=O) groups excluding carboxylic acids is 1. The highest BCUT2D eigenvalue weighted by atomic mass is 35.5. The predicted molar refractivity (Wildman–Crippen MR) is 89.4 cm³/mol. The molecular formula is C18H18ClNO3. The van der Waals surface area contributed by atoms with Crippen molar-refractivity contribution in [1.82, 2.24) is 5.32 Å². The zero-order chi connectivity index (χ0) is 16.7. The molecule has 0 saturated carbocycles. The van der Waals surface area contributed by atoms with Crippen LogP contribution in [0.15, 0.2) is 54.6 Å². The molecule has 23 heavy (non-hydrogen) atoms. The summed E-state index contributed by atoms with van der Waals surface area (Å²) < 4.78 is 0. The first-order chi connectivity index (χ1) is 11.0. The van der Waals surface area contributed by atoms with Gasteiger partial charge in [0.1, 0.15) is 0 Å². The molecule has 1 amide bonds. The Hall–Kier alpha value is -2.33. The summed E-state index contributed by atoms with van der Waals surface area (Å²) in [5, 5.41) is 12.5. The molecule has 0 aromatic heterocycles. The fourth-order valence-corrected chi connectivity index (χ4v) is 2.47. The first-order valence-electron chi connectivity index (χ1n) is 7.32. The first-order valence-corrected chi connectivity index (χ1v) is 7.70. The van der Waals surface area contributed by atoms with Crippen molar-refractivity contribution < 1.29 is 14.7 Å². The zero-order valence-electron chi connectivity index (χ0n) is 12.5. The Morgan fingerprint density at radius 3 is 2.26 bits per heavy atom. The minimum atomic E-state index is -0.913. The van der Waals surface area contributed by atoms with Crippen molar-refractivity contribution in [1.29, 1.82) is 0 Å². The quantitative estimate of drug-likeness (QED) is 0.814. The van der Waals surface area contributed by atoms with Crippen molar-refractivity contribution in [3.05, 3.63) is 70.7 Å². The molecule has 2 aromatic rings. The van der Waals surface area contributed by atoms with Crippen LogP contribution >= 0.6 is 11.6 Å². The number of carboxylic acids is 1. The largest absolute Gasteiger partial charge is 0.481 e. The van der Waals surface area contributed by atoms with Crippen LogP contribution in [0.1, 0.15) is 29.9 Å². The SMILES string of the molecule is O=C(O)C[C@H](CC(=O)NCc1ccc(Cl)cc1)c1ccccc1. The van der Waals surface area contributed by atoms with E-state index in [9.17, 15) is 9.59 Å². The van der Waals surface area contributed by atoms with Crippen molar-refractivity contribution in [3.63, 3.8) is 0 Å². The van der Waals surface area contributed by atoms with E-state index >= 15 is 0 Å². The number of hydrogen-bond donors (Lipinski definition) is 2. The maximum atomic E-state index is 12.1. The van der Waals surface area contributed by atoms with Gasteiger partial charge in [-0.15, -0.1) is 0 Å². The maximum Gasteiger partial charge on any atom is 0.303 e. The zero-order valence-corrected chi connectivity index (χ0v) is 13.3. The minimum Gasteiger partial charge on any atom is -0.481 e. The van der Waals surface area contributed by atoms with Gasteiger partial charge in [0.05, 0.1) is 6.42 Å². The van der Waals surface area contributed by atoms with Crippen molar-refractivity contribution in [2.24, 2.45) is 0 Å². The smallest absolute Gasteiger partial charge is 0.303 e. The van der Waals surface area contributed by atoms with Gasteiger partial charge in [0.15, 0.2) is 0 Å². The Morgan fingerprint density at radius 2 is 1.65 bits per heavy atom. The second kappa shape index (κ2) is 8.34. The fraction of sp³-hybridized carbons (Fsp3) is 0.222. The van der Waals surface area contributed by atoms with Gasteiger partial charge in [-0.3, -0.25) is 9.59 Å². The highest BCUT2D eigenvalue weighted by Gasteiger charge is 2.19. The Morgan fingerprint density at radius 1 is 1.00 bits per heavy atom. The van der Waals surface area contributed by atoms with Gasteiger partial charge < -0.3 is 10.4 Å². The number of carbonyl (C=O) groups is 2. The number of benzene rings is 2. The molecule has 4 nitrogen and oxygen atoms in total. The molecule has 2 rings (SSSR count). The molecule has 1 atom stereocenters. The highest BCUT2D eigenvalue weighted by Crippen LogP contribution is 2.23. The second-order valence-corrected chi connectivity index (χ2v) is 5.75. The van der Waals surface area contributed by atoms with Crippen LogP contribution in [0.4, 0.5) is 0 Å². The summed E-state index contributed by atoms with van der Waals surface area (Å²) in [7, 11) is 0. The van der Waals surface area contributed by atoms with E-state index in [1.807, 2.05) is 42.5 Å². The summed E-state index contributed by atoms with van der Waals surface area (Å²) >= 11 is 5.82. The van der Waals surface area contributed by atoms with E-state index in [0.29, 0.717) is 11.6 Å². The van der Waals surface area contributed by atoms with E-state index in [-0.39, 0.29) is 24.7 Å². The van der Waals surface area contributed by atoms with E-state index in [1.54, 1.807) is 12.1 Å². The Balaban J connectivity index is 1.94. The maximum absolute atomic E-state index is 12.1. The minimum absolute atomic E-state index is 0.0711. The van der Waals surface area contributed by atoms with Crippen LogP contribution in [0.25, 0.3) is 0 Å². The molecule has 0 spiro atoms. The molecule has 0 aliphatic heterocycles. The van der Waals surface area contributed by atoms with Gasteiger partial charge in [-0.2, -0.15) is 0 Å². The van der Waals surface area contributed by atoms with Crippen LogP contribution in [0.3, 0.4) is 0 Å². The molecule has 0 heterocycles. The number of nitrogens with one attached hydrogen (secondary N) is 1. The monoisotopic (exact) mass is 331 g/mol. The van der Waals surface area contributed by atoms with Crippen LogP contribution in [-0.4, -0.2) is 17.0 Å². The summed E-state index contributed by atoms with van der Waals surface area (Å²) in [6.07, 6.45) is 0.0717. The molecule has 0 aliphatic rings. The van der Waals surface area contributed by atoms with Crippen LogP contribution in [0.2, 0.25) is 5.02 Å². The van der Waals surface area contributed by atoms with E-state index < -0.39 is 5.97 Å². The number of halogens is 1. The average molecular weight is 332 g/mol.